The van der Waals surface area contributed by atoms with E-state index in [2.05, 4.69) is 22.0 Å². The summed E-state index contributed by atoms with van der Waals surface area (Å²) in [5, 5.41) is 25.7. The first-order valence-corrected chi connectivity index (χ1v) is 15.9. The summed E-state index contributed by atoms with van der Waals surface area (Å²) in [5.41, 5.74) is 0.423. The number of halogens is 4. The number of hydrogen-bond acceptors (Lipinski definition) is 7. The Labute approximate surface area is 285 Å². The molecule has 3 aromatic carbocycles. The third-order valence-electron chi connectivity index (χ3n) is 6.22. The van der Waals surface area contributed by atoms with Crippen LogP contribution in [0.15, 0.2) is 59.5 Å². The van der Waals surface area contributed by atoms with Gasteiger partial charge in [-0.05, 0) is 49.7 Å². The van der Waals surface area contributed by atoms with Crippen molar-refractivity contribution < 1.29 is 24.3 Å². The number of carboxylic acid groups (broad SMARTS) is 1. The quantitative estimate of drug-likeness (QED) is 0.0766. The van der Waals surface area contributed by atoms with Gasteiger partial charge in [-0.25, -0.2) is 4.79 Å². The number of carbonyl (C=O) groups excluding carboxylic acids is 3. The number of amides is 3. The number of benzene rings is 3. The Balaban J connectivity index is 1.48. The van der Waals surface area contributed by atoms with Gasteiger partial charge in [-0.3, -0.25) is 14.4 Å². The molecule has 3 amide bonds. The zero-order valence-electron chi connectivity index (χ0n) is 23.1. The minimum Gasteiger partial charge on any atom is -0.478 e. The smallest absolute Gasteiger partial charge is 0.338 e. The van der Waals surface area contributed by atoms with Gasteiger partial charge in [-0.1, -0.05) is 70.7 Å². The van der Waals surface area contributed by atoms with Crippen molar-refractivity contribution in [1.29, 1.82) is 5.26 Å². The van der Waals surface area contributed by atoms with Crippen LogP contribution in [-0.4, -0.2) is 34.0 Å². The molecular weight excluding hydrogens is 702 g/mol. The minimum absolute atomic E-state index is 0.190. The molecule has 0 spiro atoms. The van der Waals surface area contributed by atoms with Crippen LogP contribution in [0.1, 0.15) is 48.4 Å². The third kappa shape index (κ3) is 7.56. The molecule has 230 valence electrons. The predicted molar refractivity (Wildman–Crippen MR) is 180 cm³/mol. The molecule has 9 nitrogen and oxygen atoms in total. The number of nitrogens with one attached hydrogen (secondary N) is 3. The standard InChI is InChI=1S/C30H20Cl4N4O5S2/c1-13-18(12-35)29(45-25(13)28(41)36-15-7-4-3-5-8-15)38-26(39)14(2)44-17-10-6-9-16(11-17)37-27(40)19-20(30(42)43)22(32)24(34)23(33)21(19)31/h3-11,14H,1-2H3,(H,36,41)(H,37,40)(H,38,39)(H,42,43). The first-order valence-electron chi connectivity index (χ1n) is 12.7. The normalized spacial score (nSPS) is 11.3. The summed E-state index contributed by atoms with van der Waals surface area (Å²) in [5.74, 6) is -3.25. The number of thioether (sulfide) groups is 1. The fourth-order valence-electron chi connectivity index (χ4n) is 4.02. The highest BCUT2D eigenvalue weighted by molar-refractivity contribution is 8.00. The molecular formula is C30H20Cl4N4O5S2. The second-order valence-electron chi connectivity index (χ2n) is 9.23. The van der Waals surface area contributed by atoms with Gasteiger partial charge in [-0.15, -0.1) is 23.1 Å². The number of carboxylic acids is 1. The lowest BCUT2D eigenvalue weighted by Crippen LogP contribution is -2.22. The molecule has 4 N–H and O–H groups in total. The topological polar surface area (TPSA) is 148 Å². The summed E-state index contributed by atoms with van der Waals surface area (Å²) in [6, 6.07) is 17.4. The molecule has 4 aromatic rings. The molecule has 0 aliphatic heterocycles. The van der Waals surface area contributed by atoms with Crippen LogP contribution >= 0.6 is 69.5 Å². The molecule has 1 heterocycles. The molecule has 1 unspecified atom stereocenters. The van der Waals surface area contributed by atoms with Gasteiger partial charge < -0.3 is 21.1 Å². The van der Waals surface area contributed by atoms with Crippen LogP contribution in [0.4, 0.5) is 16.4 Å². The van der Waals surface area contributed by atoms with E-state index in [1.807, 2.05) is 6.07 Å². The van der Waals surface area contributed by atoms with Gasteiger partial charge in [0.25, 0.3) is 11.8 Å². The molecule has 4 rings (SSSR count). The molecule has 0 radical (unpaired) electrons. The lowest BCUT2D eigenvalue weighted by Gasteiger charge is -2.15. The van der Waals surface area contributed by atoms with E-state index in [0.717, 1.165) is 23.1 Å². The van der Waals surface area contributed by atoms with E-state index in [4.69, 9.17) is 46.4 Å². The van der Waals surface area contributed by atoms with Crippen LogP contribution < -0.4 is 16.0 Å². The number of hydrogen-bond donors (Lipinski definition) is 4. The molecule has 0 aliphatic rings. The van der Waals surface area contributed by atoms with Crippen LogP contribution in [0.5, 0.6) is 0 Å². The zero-order chi connectivity index (χ0) is 33.0. The summed E-state index contributed by atoms with van der Waals surface area (Å²) in [4.78, 5) is 51.9. The monoisotopic (exact) mass is 720 g/mol. The van der Waals surface area contributed by atoms with Crippen LogP contribution in [0, 0.1) is 18.3 Å². The van der Waals surface area contributed by atoms with E-state index >= 15 is 0 Å². The molecule has 0 aliphatic carbocycles. The van der Waals surface area contributed by atoms with Crippen molar-refractivity contribution in [3.05, 3.63) is 102 Å². The average Bonchev–Trinajstić information content (AvgIpc) is 3.32. The Morgan fingerprint density at radius 2 is 1.44 bits per heavy atom. The molecule has 1 atom stereocenters. The zero-order valence-corrected chi connectivity index (χ0v) is 27.8. The number of rotatable bonds is 9. The van der Waals surface area contributed by atoms with E-state index in [-0.39, 0.29) is 31.3 Å². The van der Waals surface area contributed by atoms with Gasteiger partial charge in [0.2, 0.25) is 5.91 Å². The Morgan fingerprint density at radius 1 is 0.844 bits per heavy atom. The van der Waals surface area contributed by atoms with Crippen molar-refractivity contribution in [1.82, 2.24) is 0 Å². The fraction of sp³-hybridized carbons (Fsp3) is 0.100. The highest BCUT2D eigenvalue weighted by atomic mass is 35.5. The third-order valence-corrected chi connectivity index (χ3v) is 10.3. The SMILES string of the molecule is Cc1c(C(=O)Nc2ccccc2)sc(NC(=O)C(C)Sc2cccc(NC(=O)c3c(Cl)c(Cl)c(Cl)c(Cl)c3C(=O)O)c2)c1C#N. The fourth-order valence-corrected chi connectivity index (χ4v) is 7.02. The number of nitriles is 1. The second-order valence-corrected chi connectivity index (χ2v) is 13.2. The largest absolute Gasteiger partial charge is 0.478 e. The average molecular weight is 722 g/mol. The first-order chi connectivity index (χ1) is 21.3. The van der Waals surface area contributed by atoms with Gasteiger partial charge in [0, 0.05) is 16.3 Å². The predicted octanol–water partition coefficient (Wildman–Crippen LogP) is 8.86. The molecule has 0 fully saturated rings. The van der Waals surface area contributed by atoms with Gasteiger partial charge in [0.1, 0.15) is 11.1 Å². The number of carbonyl (C=O) groups is 4. The molecule has 0 saturated heterocycles. The van der Waals surface area contributed by atoms with Crippen LogP contribution in [0.25, 0.3) is 0 Å². The lowest BCUT2D eigenvalue weighted by atomic mass is 10.1. The van der Waals surface area contributed by atoms with Crippen molar-refractivity contribution >= 4 is 110 Å². The molecule has 15 heteroatoms. The molecule has 0 saturated carbocycles. The summed E-state index contributed by atoms with van der Waals surface area (Å²) in [7, 11) is 0. The van der Waals surface area contributed by atoms with Crippen molar-refractivity contribution in [3.8, 4) is 6.07 Å². The lowest BCUT2D eigenvalue weighted by molar-refractivity contribution is -0.115. The van der Waals surface area contributed by atoms with Crippen molar-refractivity contribution in [2.75, 3.05) is 16.0 Å². The number of anilines is 3. The van der Waals surface area contributed by atoms with E-state index in [1.54, 1.807) is 62.4 Å². The number of para-hydroxylation sites is 1. The van der Waals surface area contributed by atoms with Crippen molar-refractivity contribution in [2.24, 2.45) is 0 Å². The second kappa shape index (κ2) is 14.6. The van der Waals surface area contributed by atoms with Crippen molar-refractivity contribution in [3.63, 3.8) is 0 Å². The van der Waals surface area contributed by atoms with Gasteiger partial charge in [0.05, 0.1) is 46.9 Å². The van der Waals surface area contributed by atoms with Gasteiger partial charge in [-0.2, -0.15) is 5.26 Å². The molecule has 45 heavy (non-hydrogen) atoms. The van der Waals surface area contributed by atoms with E-state index in [1.165, 1.54) is 0 Å². The van der Waals surface area contributed by atoms with Crippen LogP contribution in [0.3, 0.4) is 0 Å². The highest BCUT2D eigenvalue weighted by Crippen LogP contribution is 2.42. The molecule has 1 aromatic heterocycles. The number of aromatic carboxylic acids is 1. The Kier molecular flexibility index (Phi) is 11.0. The Morgan fingerprint density at radius 3 is 2.07 bits per heavy atom. The highest BCUT2D eigenvalue weighted by Gasteiger charge is 2.29. The summed E-state index contributed by atoms with van der Waals surface area (Å²) >= 11 is 26.4. The first kappa shape index (κ1) is 34.1. The molecule has 0 bridgehead atoms. The van der Waals surface area contributed by atoms with Gasteiger partial charge in [0.15, 0.2) is 0 Å². The summed E-state index contributed by atoms with van der Waals surface area (Å²) in [6.07, 6.45) is 0. The number of thiophene rings is 1. The maximum absolute atomic E-state index is 13.1. The summed E-state index contributed by atoms with van der Waals surface area (Å²) in [6.45, 7) is 3.29. The van der Waals surface area contributed by atoms with E-state index in [0.29, 0.717) is 21.0 Å². The van der Waals surface area contributed by atoms with Crippen molar-refractivity contribution in [2.45, 2.75) is 24.0 Å². The van der Waals surface area contributed by atoms with E-state index < -0.39 is 45.1 Å². The summed E-state index contributed by atoms with van der Waals surface area (Å²) < 4.78 is 0. The van der Waals surface area contributed by atoms with Gasteiger partial charge >= 0.3 is 5.97 Å². The Bertz CT molecular complexity index is 1890. The Hall–Kier alpha value is -3.76. The maximum atomic E-state index is 13.1. The minimum atomic E-state index is -1.53. The van der Waals surface area contributed by atoms with Crippen LogP contribution in [0.2, 0.25) is 20.1 Å². The number of nitrogens with zero attached hydrogens (tertiary/aromatic N) is 1. The maximum Gasteiger partial charge on any atom is 0.338 e. The van der Waals surface area contributed by atoms with Crippen LogP contribution in [-0.2, 0) is 4.79 Å². The van der Waals surface area contributed by atoms with E-state index in [9.17, 15) is 29.5 Å².